The third kappa shape index (κ3) is 5.45. The molecule has 5 nitrogen and oxygen atoms in total. The molecule has 2 fully saturated rings. The van der Waals surface area contributed by atoms with Gasteiger partial charge in [0.2, 0.25) is 0 Å². The first kappa shape index (κ1) is 25.9. The second-order valence-corrected chi connectivity index (χ2v) is 11.7. The van der Waals surface area contributed by atoms with Crippen molar-refractivity contribution in [1.29, 1.82) is 0 Å². The van der Waals surface area contributed by atoms with Gasteiger partial charge in [-0.15, -0.1) is 0 Å². The Kier molecular flexibility index (Phi) is 7.66. The predicted molar refractivity (Wildman–Crippen MR) is 148 cm³/mol. The SMILES string of the molecule is Cc1cncc2c1c(C[C@@H]1CCN(CC3CCCCC3)C1)cn2-c1ccc(F)cc1C(=O)N(C)C(C)C. The van der Waals surface area contributed by atoms with Crippen LogP contribution in [0.5, 0.6) is 0 Å². The molecule has 1 saturated heterocycles. The third-order valence-electron chi connectivity index (χ3n) is 8.64. The maximum absolute atomic E-state index is 14.3. The van der Waals surface area contributed by atoms with Gasteiger partial charge in [-0.05, 0) is 94.2 Å². The molecule has 1 aromatic carbocycles. The molecule has 0 spiro atoms. The Hall–Kier alpha value is -2.73. The van der Waals surface area contributed by atoms with Crippen LogP contribution in [0.1, 0.15) is 73.9 Å². The first-order chi connectivity index (χ1) is 17.8. The summed E-state index contributed by atoms with van der Waals surface area (Å²) >= 11 is 0. The number of aryl methyl sites for hydroxylation is 1. The second kappa shape index (κ2) is 10.9. The molecule has 2 aromatic heterocycles. The van der Waals surface area contributed by atoms with Gasteiger partial charge in [0.05, 0.1) is 23.0 Å². The highest BCUT2D eigenvalue weighted by Crippen LogP contribution is 2.33. The number of halogens is 1. The van der Waals surface area contributed by atoms with Crippen LogP contribution < -0.4 is 0 Å². The van der Waals surface area contributed by atoms with E-state index in [1.54, 1.807) is 18.0 Å². The number of amides is 1. The van der Waals surface area contributed by atoms with Gasteiger partial charge < -0.3 is 14.4 Å². The van der Waals surface area contributed by atoms with E-state index in [1.165, 1.54) is 74.7 Å². The largest absolute Gasteiger partial charge is 0.339 e. The Balaban J connectivity index is 1.45. The number of nitrogens with zero attached hydrogens (tertiary/aromatic N) is 4. The molecule has 0 radical (unpaired) electrons. The minimum atomic E-state index is -0.403. The number of carbonyl (C=O) groups is 1. The topological polar surface area (TPSA) is 41.4 Å². The molecule has 0 bridgehead atoms. The van der Waals surface area contributed by atoms with Crippen LogP contribution in [-0.4, -0.2) is 58.0 Å². The number of carbonyl (C=O) groups excluding carboxylic acids is 1. The van der Waals surface area contributed by atoms with Gasteiger partial charge in [0, 0.05) is 44.0 Å². The first-order valence-corrected chi connectivity index (χ1v) is 14.1. The number of hydrogen-bond acceptors (Lipinski definition) is 3. The smallest absolute Gasteiger partial charge is 0.256 e. The van der Waals surface area contributed by atoms with Crippen molar-refractivity contribution in [2.75, 3.05) is 26.7 Å². The molecular formula is C31H41FN4O. The zero-order valence-corrected chi connectivity index (χ0v) is 22.8. The number of hydrogen-bond donors (Lipinski definition) is 0. The minimum absolute atomic E-state index is 0.0171. The highest BCUT2D eigenvalue weighted by molar-refractivity contribution is 5.99. The molecule has 1 aliphatic heterocycles. The number of fused-ring (bicyclic) bond motifs is 1. The molecule has 198 valence electrons. The highest BCUT2D eigenvalue weighted by atomic mass is 19.1. The van der Waals surface area contributed by atoms with Gasteiger partial charge in [0.25, 0.3) is 5.91 Å². The summed E-state index contributed by atoms with van der Waals surface area (Å²) in [5.41, 5.74) is 4.48. The van der Waals surface area contributed by atoms with Crippen molar-refractivity contribution in [3.8, 4) is 5.69 Å². The first-order valence-electron chi connectivity index (χ1n) is 14.1. The van der Waals surface area contributed by atoms with Gasteiger partial charge in [-0.2, -0.15) is 0 Å². The summed E-state index contributed by atoms with van der Waals surface area (Å²) in [5, 5.41) is 1.21. The summed E-state index contributed by atoms with van der Waals surface area (Å²) in [6.07, 6.45) is 15.2. The molecular weight excluding hydrogens is 463 g/mol. The Bertz CT molecular complexity index is 1260. The maximum Gasteiger partial charge on any atom is 0.256 e. The molecule has 1 saturated carbocycles. The molecule has 2 aliphatic rings. The minimum Gasteiger partial charge on any atom is -0.339 e. The zero-order valence-electron chi connectivity index (χ0n) is 22.8. The molecule has 0 N–H and O–H groups in total. The summed E-state index contributed by atoms with van der Waals surface area (Å²) in [5.74, 6) is 0.916. The van der Waals surface area contributed by atoms with E-state index in [0.717, 1.165) is 30.0 Å². The Morgan fingerprint density at radius 2 is 1.92 bits per heavy atom. The molecule has 1 amide bonds. The number of aromatic nitrogens is 2. The van der Waals surface area contributed by atoms with Crippen LogP contribution in [0.2, 0.25) is 0 Å². The average molecular weight is 505 g/mol. The Morgan fingerprint density at radius 1 is 1.14 bits per heavy atom. The lowest BCUT2D eigenvalue weighted by molar-refractivity contribution is 0.0754. The summed E-state index contributed by atoms with van der Waals surface area (Å²) in [6, 6.07) is 4.55. The van der Waals surface area contributed by atoms with Crippen LogP contribution in [0.3, 0.4) is 0 Å². The number of rotatable bonds is 7. The summed E-state index contributed by atoms with van der Waals surface area (Å²) in [7, 11) is 1.77. The van der Waals surface area contributed by atoms with Gasteiger partial charge in [-0.1, -0.05) is 19.3 Å². The van der Waals surface area contributed by atoms with E-state index in [-0.39, 0.29) is 11.9 Å². The van der Waals surface area contributed by atoms with Crippen molar-refractivity contribution in [2.45, 2.75) is 71.8 Å². The number of likely N-dealkylation sites (tertiary alicyclic amines) is 1. The lowest BCUT2D eigenvalue weighted by atomic mass is 9.89. The van der Waals surface area contributed by atoms with E-state index in [1.807, 2.05) is 26.2 Å². The lowest BCUT2D eigenvalue weighted by Gasteiger charge is -2.26. The normalized spacial score (nSPS) is 19.2. The van der Waals surface area contributed by atoms with Crippen molar-refractivity contribution in [2.24, 2.45) is 11.8 Å². The quantitative estimate of drug-likeness (QED) is 0.374. The molecule has 37 heavy (non-hydrogen) atoms. The van der Waals surface area contributed by atoms with Crippen LogP contribution in [0, 0.1) is 24.6 Å². The van der Waals surface area contributed by atoms with Crippen LogP contribution >= 0.6 is 0 Å². The Labute approximate surface area is 220 Å². The van der Waals surface area contributed by atoms with Crippen LogP contribution in [0.4, 0.5) is 4.39 Å². The molecule has 3 heterocycles. The molecule has 0 unspecified atom stereocenters. The molecule has 6 heteroatoms. The summed E-state index contributed by atoms with van der Waals surface area (Å²) in [4.78, 5) is 22.2. The van der Waals surface area contributed by atoms with Crippen molar-refractivity contribution in [3.05, 3.63) is 59.3 Å². The molecule has 5 rings (SSSR count). The molecule has 3 aromatic rings. The summed E-state index contributed by atoms with van der Waals surface area (Å²) in [6.45, 7) is 9.65. The standard InChI is InChI=1S/C31H41FN4O/c1-21(2)34(4)31(37)27-15-26(32)10-11-28(27)36-20-25(30-22(3)16-33-17-29(30)36)14-24-12-13-35(19-24)18-23-8-6-5-7-9-23/h10-11,15-17,20-21,23-24H,5-9,12-14,18-19H2,1-4H3/t24-/m0/s1. The second-order valence-electron chi connectivity index (χ2n) is 11.7. The van der Waals surface area contributed by atoms with Crippen LogP contribution in [-0.2, 0) is 6.42 Å². The van der Waals surface area contributed by atoms with Gasteiger partial charge in [0.15, 0.2) is 0 Å². The fraction of sp³-hybridized carbons (Fsp3) is 0.548. The molecule has 1 aliphatic carbocycles. The van der Waals surface area contributed by atoms with Gasteiger partial charge in [0.1, 0.15) is 5.82 Å². The number of pyridine rings is 1. The van der Waals surface area contributed by atoms with E-state index >= 15 is 0 Å². The zero-order chi connectivity index (χ0) is 26.1. The molecule has 1 atom stereocenters. The van der Waals surface area contributed by atoms with E-state index < -0.39 is 5.82 Å². The van der Waals surface area contributed by atoms with E-state index in [4.69, 9.17) is 0 Å². The van der Waals surface area contributed by atoms with Crippen molar-refractivity contribution in [3.63, 3.8) is 0 Å². The average Bonchev–Trinajstić information content (AvgIpc) is 3.48. The van der Waals surface area contributed by atoms with E-state index in [2.05, 4.69) is 27.6 Å². The fourth-order valence-corrected chi connectivity index (χ4v) is 6.40. The third-order valence-corrected chi connectivity index (χ3v) is 8.64. The van der Waals surface area contributed by atoms with Crippen LogP contribution in [0.25, 0.3) is 16.6 Å². The van der Waals surface area contributed by atoms with E-state index in [9.17, 15) is 9.18 Å². The highest BCUT2D eigenvalue weighted by Gasteiger charge is 2.28. The van der Waals surface area contributed by atoms with Crippen molar-refractivity contribution < 1.29 is 9.18 Å². The lowest BCUT2D eigenvalue weighted by Crippen LogP contribution is -2.33. The monoisotopic (exact) mass is 504 g/mol. The predicted octanol–water partition coefficient (Wildman–Crippen LogP) is 6.40. The number of benzene rings is 1. The van der Waals surface area contributed by atoms with Gasteiger partial charge in [-0.25, -0.2) is 4.39 Å². The fourth-order valence-electron chi connectivity index (χ4n) is 6.40. The maximum atomic E-state index is 14.3. The van der Waals surface area contributed by atoms with Gasteiger partial charge in [-0.3, -0.25) is 9.78 Å². The van der Waals surface area contributed by atoms with Crippen molar-refractivity contribution in [1.82, 2.24) is 19.4 Å². The van der Waals surface area contributed by atoms with Crippen LogP contribution in [0.15, 0.2) is 36.8 Å². The summed E-state index contributed by atoms with van der Waals surface area (Å²) < 4.78 is 16.4. The van der Waals surface area contributed by atoms with Gasteiger partial charge >= 0.3 is 0 Å². The van der Waals surface area contributed by atoms with E-state index in [0.29, 0.717) is 17.2 Å². The Morgan fingerprint density at radius 3 is 2.68 bits per heavy atom. The van der Waals surface area contributed by atoms with Crippen molar-refractivity contribution >= 4 is 16.8 Å².